The Bertz CT molecular complexity index is 544. The monoisotopic (exact) mass is 275 g/mol. The lowest BCUT2D eigenvalue weighted by Crippen LogP contribution is -2.49. The summed E-state index contributed by atoms with van der Waals surface area (Å²) in [6, 6.07) is 5.70. The standard InChI is InChI=1S/C15H21NO2Si/c1-10(2)9-11-7-6-8-12-13(11)16(19(3,4)5)15(18)14(12)17/h6-8,10H,9H2,1-5H3. The van der Waals surface area contributed by atoms with Gasteiger partial charge in [0.15, 0.2) is 8.24 Å². The smallest absolute Gasteiger partial charge is 0.291 e. The quantitative estimate of drug-likeness (QED) is 0.627. The highest BCUT2D eigenvalue weighted by molar-refractivity contribution is 6.87. The highest BCUT2D eigenvalue weighted by Gasteiger charge is 2.43. The van der Waals surface area contributed by atoms with Crippen LogP contribution in [0.25, 0.3) is 0 Å². The molecule has 0 N–H and O–H groups in total. The van der Waals surface area contributed by atoms with Crippen LogP contribution in [0.2, 0.25) is 19.6 Å². The number of hydrogen-bond donors (Lipinski definition) is 0. The van der Waals surface area contributed by atoms with E-state index in [2.05, 4.69) is 33.5 Å². The largest absolute Gasteiger partial charge is 0.333 e. The van der Waals surface area contributed by atoms with Crippen LogP contribution in [0, 0.1) is 5.92 Å². The Morgan fingerprint density at radius 2 is 1.79 bits per heavy atom. The number of fused-ring (bicyclic) bond motifs is 1. The minimum atomic E-state index is -1.90. The van der Waals surface area contributed by atoms with Gasteiger partial charge in [-0.25, -0.2) is 0 Å². The van der Waals surface area contributed by atoms with Crippen LogP contribution in [-0.2, 0) is 11.2 Å². The van der Waals surface area contributed by atoms with Crippen LogP contribution in [0.3, 0.4) is 0 Å². The number of anilines is 1. The lowest BCUT2D eigenvalue weighted by atomic mass is 9.99. The third kappa shape index (κ3) is 2.37. The Kier molecular flexibility index (Phi) is 3.39. The Labute approximate surface area is 115 Å². The van der Waals surface area contributed by atoms with Gasteiger partial charge in [0, 0.05) is 0 Å². The molecule has 1 aliphatic rings. The summed E-state index contributed by atoms with van der Waals surface area (Å²) in [4.78, 5) is 24.4. The molecule has 1 aromatic rings. The van der Waals surface area contributed by atoms with E-state index in [4.69, 9.17) is 0 Å². The molecule has 0 unspecified atom stereocenters. The van der Waals surface area contributed by atoms with E-state index in [0.717, 1.165) is 17.7 Å². The zero-order chi connectivity index (χ0) is 14.4. The third-order valence-corrected chi connectivity index (χ3v) is 5.05. The van der Waals surface area contributed by atoms with Gasteiger partial charge in [-0.05, 0) is 24.0 Å². The fraction of sp³-hybridized carbons (Fsp3) is 0.467. The number of para-hydroxylation sites is 1. The van der Waals surface area contributed by atoms with Crippen LogP contribution in [0.15, 0.2) is 18.2 Å². The summed E-state index contributed by atoms with van der Waals surface area (Å²) in [6.45, 7) is 10.6. The summed E-state index contributed by atoms with van der Waals surface area (Å²) in [5.41, 5.74) is 2.59. The molecule has 4 heteroatoms. The molecule has 0 bridgehead atoms. The van der Waals surface area contributed by atoms with Gasteiger partial charge in [-0.1, -0.05) is 45.6 Å². The summed E-state index contributed by atoms with van der Waals surface area (Å²) in [5.74, 6) is -0.186. The van der Waals surface area contributed by atoms with Crippen molar-refractivity contribution < 1.29 is 9.59 Å². The molecule has 0 spiro atoms. The summed E-state index contributed by atoms with van der Waals surface area (Å²) in [7, 11) is -1.90. The number of carbonyl (C=O) groups excluding carboxylic acids is 2. The molecule has 0 aliphatic carbocycles. The van der Waals surface area contributed by atoms with Crippen LogP contribution in [0.5, 0.6) is 0 Å². The van der Waals surface area contributed by atoms with E-state index in [1.165, 1.54) is 0 Å². The molecule has 2 rings (SSSR count). The maximum Gasteiger partial charge on any atom is 0.291 e. The molecule has 0 fully saturated rings. The van der Waals surface area contributed by atoms with Crippen LogP contribution in [0.1, 0.15) is 29.8 Å². The minimum absolute atomic E-state index is 0.342. The molecule has 19 heavy (non-hydrogen) atoms. The van der Waals surface area contributed by atoms with E-state index in [9.17, 15) is 9.59 Å². The molecule has 1 aromatic carbocycles. The van der Waals surface area contributed by atoms with Gasteiger partial charge in [-0.3, -0.25) is 9.59 Å². The van der Waals surface area contributed by atoms with Crippen LogP contribution in [-0.4, -0.2) is 19.9 Å². The molecule has 0 aromatic heterocycles. The molecular weight excluding hydrogens is 254 g/mol. The zero-order valence-corrected chi connectivity index (χ0v) is 13.3. The van der Waals surface area contributed by atoms with Crippen molar-refractivity contribution in [3.8, 4) is 0 Å². The SMILES string of the molecule is CC(C)Cc1cccc2c1N([Si](C)(C)C)C(=O)C2=O. The molecule has 1 heterocycles. The van der Waals surface area contributed by atoms with E-state index in [0.29, 0.717) is 11.5 Å². The maximum atomic E-state index is 12.3. The average Bonchev–Trinajstić information content (AvgIpc) is 2.52. The molecule has 0 saturated heterocycles. The van der Waals surface area contributed by atoms with Crippen molar-refractivity contribution in [3.63, 3.8) is 0 Å². The van der Waals surface area contributed by atoms with Gasteiger partial charge in [0.1, 0.15) is 0 Å². The Morgan fingerprint density at radius 1 is 1.16 bits per heavy atom. The number of amides is 1. The summed E-state index contributed by atoms with van der Waals surface area (Å²) in [6.07, 6.45) is 0.894. The first-order valence-corrected chi connectivity index (χ1v) is 10.2. The van der Waals surface area contributed by atoms with Crippen LogP contribution < -0.4 is 4.57 Å². The second kappa shape index (κ2) is 4.60. The lowest BCUT2D eigenvalue weighted by molar-refractivity contribution is -0.113. The van der Waals surface area contributed by atoms with Gasteiger partial charge < -0.3 is 4.57 Å². The number of hydrogen-bond acceptors (Lipinski definition) is 2. The molecule has 3 nitrogen and oxygen atoms in total. The van der Waals surface area contributed by atoms with Crippen molar-refractivity contribution in [1.29, 1.82) is 0 Å². The number of carbonyl (C=O) groups is 2. The molecule has 1 aliphatic heterocycles. The molecule has 0 atom stereocenters. The summed E-state index contributed by atoms with van der Waals surface area (Å²) < 4.78 is 1.79. The van der Waals surface area contributed by atoms with E-state index in [1.807, 2.05) is 12.1 Å². The van der Waals surface area contributed by atoms with Crippen molar-refractivity contribution >= 4 is 25.6 Å². The van der Waals surface area contributed by atoms with Crippen molar-refractivity contribution in [3.05, 3.63) is 29.3 Å². The third-order valence-electron chi connectivity index (χ3n) is 3.28. The molecule has 0 radical (unpaired) electrons. The fourth-order valence-electron chi connectivity index (χ4n) is 2.60. The first kappa shape index (κ1) is 14.0. The number of ketones is 1. The number of rotatable bonds is 3. The Balaban J connectivity index is 2.62. The van der Waals surface area contributed by atoms with Crippen molar-refractivity contribution in [2.75, 3.05) is 4.57 Å². The highest BCUT2D eigenvalue weighted by atomic mass is 28.3. The molecule has 102 valence electrons. The van der Waals surface area contributed by atoms with Crippen LogP contribution in [0.4, 0.5) is 5.69 Å². The molecule has 1 amide bonds. The average molecular weight is 275 g/mol. The van der Waals surface area contributed by atoms with E-state index >= 15 is 0 Å². The van der Waals surface area contributed by atoms with Gasteiger partial charge in [0.05, 0.1) is 11.3 Å². The van der Waals surface area contributed by atoms with E-state index in [-0.39, 0.29) is 11.7 Å². The predicted molar refractivity (Wildman–Crippen MR) is 80.1 cm³/mol. The summed E-state index contributed by atoms with van der Waals surface area (Å²) in [5, 5.41) is 0. The van der Waals surface area contributed by atoms with E-state index in [1.54, 1.807) is 10.6 Å². The number of nitrogens with zero attached hydrogens (tertiary/aromatic N) is 1. The van der Waals surface area contributed by atoms with Crippen molar-refractivity contribution in [1.82, 2.24) is 0 Å². The van der Waals surface area contributed by atoms with Crippen LogP contribution >= 0.6 is 0 Å². The second-order valence-corrected chi connectivity index (χ2v) is 11.3. The normalized spacial score (nSPS) is 15.4. The lowest BCUT2D eigenvalue weighted by Gasteiger charge is -2.31. The van der Waals surface area contributed by atoms with Crippen molar-refractivity contribution in [2.45, 2.75) is 39.9 Å². The summed E-state index contributed by atoms with van der Waals surface area (Å²) >= 11 is 0. The fourth-order valence-corrected chi connectivity index (χ4v) is 4.25. The zero-order valence-electron chi connectivity index (χ0n) is 12.3. The first-order valence-electron chi connectivity index (χ1n) is 6.74. The highest BCUT2D eigenvalue weighted by Crippen LogP contribution is 2.37. The Morgan fingerprint density at radius 3 is 2.32 bits per heavy atom. The predicted octanol–water partition coefficient (Wildman–Crippen LogP) is 3.25. The number of benzene rings is 1. The van der Waals surface area contributed by atoms with E-state index < -0.39 is 8.24 Å². The van der Waals surface area contributed by atoms with Gasteiger partial charge in [0.25, 0.3) is 11.7 Å². The molecular formula is C15H21NO2Si. The maximum absolute atomic E-state index is 12.3. The van der Waals surface area contributed by atoms with Gasteiger partial charge >= 0.3 is 0 Å². The van der Waals surface area contributed by atoms with Gasteiger partial charge in [0.2, 0.25) is 0 Å². The topological polar surface area (TPSA) is 37.4 Å². The second-order valence-electron chi connectivity index (χ2n) is 6.55. The van der Waals surface area contributed by atoms with Gasteiger partial charge in [-0.2, -0.15) is 0 Å². The Hall–Kier alpha value is -1.42. The van der Waals surface area contributed by atoms with Crippen molar-refractivity contribution in [2.24, 2.45) is 5.92 Å². The van der Waals surface area contributed by atoms with Gasteiger partial charge in [-0.15, -0.1) is 0 Å². The molecule has 0 saturated carbocycles. The minimum Gasteiger partial charge on any atom is -0.333 e. The first-order chi connectivity index (χ1) is 8.73. The number of Topliss-reactive ketones (excluding diaryl/α,β-unsaturated/α-hetero) is 1.